The van der Waals surface area contributed by atoms with Crippen molar-refractivity contribution < 1.29 is 9.26 Å². The maximum atomic E-state index is 5.71. The lowest BCUT2D eigenvalue weighted by Gasteiger charge is -2.00. The summed E-state index contributed by atoms with van der Waals surface area (Å²) in [5.41, 5.74) is 7.23. The molecule has 0 radical (unpaired) electrons. The van der Waals surface area contributed by atoms with Gasteiger partial charge in [0, 0.05) is 17.9 Å². The number of hydrogen-bond donors (Lipinski definition) is 1. The molecule has 2 aromatic rings. The molecule has 1 fully saturated rings. The Balaban J connectivity index is 1.89. The topological polar surface area (TPSA) is 74.2 Å². The molecule has 0 amide bonds. The van der Waals surface area contributed by atoms with E-state index in [1.165, 1.54) is 0 Å². The molecule has 3 rings (SSSR count). The van der Waals surface area contributed by atoms with Crippen molar-refractivity contribution in [3.05, 3.63) is 30.1 Å². The van der Waals surface area contributed by atoms with Crippen LogP contribution in [0.2, 0.25) is 0 Å². The van der Waals surface area contributed by atoms with Gasteiger partial charge in [0.2, 0.25) is 5.82 Å². The Hall–Kier alpha value is -1.88. The second kappa shape index (κ2) is 4.18. The van der Waals surface area contributed by atoms with E-state index in [0.717, 1.165) is 25.0 Å². The molecule has 1 saturated heterocycles. The minimum Gasteiger partial charge on any atom is -0.399 e. The van der Waals surface area contributed by atoms with Crippen molar-refractivity contribution in [1.82, 2.24) is 10.1 Å². The second-order valence-corrected chi connectivity index (χ2v) is 4.08. The van der Waals surface area contributed by atoms with E-state index in [0.29, 0.717) is 17.4 Å². The Labute approximate surface area is 98.6 Å². The summed E-state index contributed by atoms with van der Waals surface area (Å²) < 4.78 is 10.7. The van der Waals surface area contributed by atoms with Crippen molar-refractivity contribution >= 4 is 5.69 Å². The highest BCUT2D eigenvalue weighted by Crippen LogP contribution is 2.28. The van der Waals surface area contributed by atoms with Crippen LogP contribution in [0.5, 0.6) is 0 Å². The van der Waals surface area contributed by atoms with Crippen molar-refractivity contribution in [1.29, 1.82) is 0 Å². The molecule has 5 heteroatoms. The molecule has 1 unspecified atom stereocenters. The van der Waals surface area contributed by atoms with Crippen LogP contribution in [0.4, 0.5) is 5.69 Å². The highest BCUT2D eigenvalue weighted by atomic mass is 16.5. The maximum absolute atomic E-state index is 5.71. The van der Waals surface area contributed by atoms with Crippen LogP contribution in [-0.2, 0) is 4.74 Å². The van der Waals surface area contributed by atoms with Crippen LogP contribution < -0.4 is 5.73 Å². The lowest BCUT2D eigenvalue weighted by molar-refractivity contribution is 0.103. The minimum atomic E-state index is -0.0199. The molecule has 1 atom stereocenters. The van der Waals surface area contributed by atoms with Gasteiger partial charge in [0.05, 0.1) is 0 Å². The van der Waals surface area contributed by atoms with Gasteiger partial charge in [-0.15, -0.1) is 0 Å². The summed E-state index contributed by atoms with van der Waals surface area (Å²) in [5.74, 6) is 1.11. The van der Waals surface area contributed by atoms with Crippen molar-refractivity contribution in [3.63, 3.8) is 0 Å². The van der Waals surface area contributed by atoms with Gasteiger partial charge in [-0.25, -0.2) is 0 Å². The van der Waals surface area contributed by atoms with Gasteiger partial charge in [-0.2, -0.15) is 4.98 Å². The SMILES string of the molecule is Nc1cccc(-c2nc(C3CCCO3)no2)c1. The van der Waals surface area contributed by atoms with E-state index in [1.54, 1.807) is 0 Å². The zero-order valence-corrected chi connectivity index (χ0v) is 9.30. The molecule has 1 aliphatic rings. The predicted molar refractivity (Wildman–Crippen MR) is 62.1 cm³/mol. The van der Waals surface area contributed by atoms with Gasteiger partial charge in [0.15, 0.2) is 0 Å². The van der Waals surface area contributed by atoms with Gasteiger partial charge in [-0.05, 0) is 31.0 Å². The van der Waals surface area contributed by atoms with E-state index in [9.17, 15) is 0 Å². The fourth-order valence-corrected chi connectivity index (χ4v) is 1.94. The summed E-state index contributed by atoms with van der Waals surface area (Å²) in [6.07, 6.45) is 1.98. The van der Waals surface area contributed by atoms with E-state index < -0.39 is 0 Å². The van der Waals surface area contributed by atoms with E-state index in [2.05, 4.69) is 10.1 Å². The summed E-state index contributed by atoms with van der Waals surface area (Å²) in [6.45, 7) is 0.771. The zero-order valence-electron chi connectivity index (χ0n) is 9.30. The quantitative estimate of drug-likeness (QED) is 0.802. The summed E-state index contributed by atoms with van der Waals surface area (Å²) in [7, 11) is 0. The number of ether oxygens (including phenoxy) is 1. The van der Waals surface area contributed by atoms with E-state index in [1.807, 2.05) is 24.3 Å². The van der Waals surface area contributed by atoms with Crippen LogP contribution in [-0.4, -0.2) is 16.7 Å². The van der Waals surface area contributed by atoms with Crippen molar-refractivity contribution in [2.24, 2.45) is 0 Å². The molecule has 2 heterocycles. The van der Waals surface area contributed by atoms with Crippen molar-refractivity contribution in [2.75, 3.05) is 12.3 Å². The Kier molecular flexibility index (Phi) is 2.53. The third-order valence-corrected chi connectivity index (χ3v) is 2.79. The molecule has 2 N–H and O–H groups in total. The fourth-order valence-electron chi connectivity index (χ4n) is 1.94. The number of rotatable bonds is 2. The van der Waals surface area contributed by atoms with Gasteiger partial charge >= 0.3 is 0 Å². The Bertz CT molecular complexity index is 518. The lowest BCUT2D eigenvalue weighted by atomic mass is 10.2. The number of aromatic nitrogens is 2. The lowest BCUT2D eigenvalue weighted by Crippen LogP contribution is -1.97. The summed E-state index contributed by atoms with van der Waals surface area (Å²) in [4.78, 5) is 4.35. The molecule has 1 aliphatic heterocycles. The first kappa shape index (κ1) is 10.3. The smallest absolute Gasteiger partial charge is 0.258 e. The van der Waals surface area contributed by atoms with Crippen LogP contribution in [0.1, 0.15) is 24.8 Å². The Morgan fingerprint density at radius 1 is 1.35 bits per heavy atom. The predicted octanol–water partition coefficient (Wildman–Crippen LogP) is 2.17. The first-order valence-corrected chi connectivity index (χ1v) is 5.64. The van der Waals surface area contributed by atoms with Gasteiger partial charge in [-0.1, -0.05) is 11.2 Å². The van der Waals surface area contributed by atoms with Gasteiger partial charge in [-0.3, -0.25) is 0 Å². The highest BCUT2D eigenvalue weighted by Gasteiger charge is 2.23. The van der Waals surface area contributed by atoms with Crippen LogP contribution in [0.25, 0.3) is 11.5 Å². The van der Waals surface area contributed by atoms with E-state index in [-0.39, 0.29) is 6.10 Å². The molecule has 88 valence electrons. The van der Waals surface area contributed by atoms with Gasteiger partial charge in [0.25, 0.3) is 5.89 Å². The molecule has 1 aromatic heterocycles. The van der Waals surface area contributed by atoms with Crippen LogP contribution in [0, 0.1) is 0 Å². The largest absolute Gasteiger partial charge is 0.399 e. The fraction of sp³-hybridized carbons (Fsp3) is 0.333. The number of nitrogen functional groups attached to an aromatic ring is 1. The molecule has 0 saturated carbocycles. The monoisotopic (exact) mass is 231 g/mol. The third-order valence-electron chi connectivity index (χ3n) is 2.79. The standard InChI is InChI=1S/C12H13N3O2/c13-9-4-1-3-8(7-9)12-14-11(15-17-12)10-5-2-6-16-10/h1,3-4,7,10H,2,5-6,13H2. The Morgan fingerprint density at radius 2 is 2.29 bits per heavy atom. The van der Waals surface area contributed by atoms with Crippen LogP contribution >= 0.6 is 0 Å². The number of anilines is 1. The molecular weight excluding hydrogens is 218 g/mol. The van der Waals surface area contributed by atoms with E-state index >= 15 is 0 Å². The first-order valence-electron chi connectivity index (χ1n) is 5.64. The molecule has 0 bridgehead atoms. The number of nitrogens with zero attached hydrogens (tertiary/aromatic N) is 2. The summed E-state index contributed by atoms with van der Waals surface area (Å²) in [5, 5.41) is 3.95. The highest BCUT2D eigenvalue weighted by molar-refractivity contribution is 5.59. The molecular formula is C12H13N3O2. The molecule has 17 heavy (non-hydrogen) atoms. The number of nitrogens with two attached hydrogens (primary N) is 1. The van der Waals surface area contributed by atoms with Crippen LogP contribution in [0.3, 0.4) is 0 Å². The zero-order chi connectivity index (χ0) is 11.7. The number of hydrogen-bond acceptors (Lipinski definition) is 5. The number of benzene rings is 1. The van der Waals surface area contributed by atoms with E-state index in [4.69, 9.17) is 15.0 Å². The summed E-state index contributed by atoms with van der Waals surface area (Å²) >= 11 is 0. The molecule has 0 spiro atoms. The molecule has 0 aliphatic carbocycles. The third kappa shape index (κ3) is 2.01. The summed E-state index contributed by atoms with van der Waals surface area (Å²) in [6, 6.07) is 7.39. The maximum Gasteiger partial charge on any atom is 0.258 e. The minimum absolute atomic E-state index is 0.0199. The average Bonchev–Trinajstić information content (AvgIpc) is 3.00. The van der Waals surface area contributed by atoms with Crippen molar-refractivity contribution in [2.45, 2.75) is 18.9 Å². The van der Waals surface area contributed by atoms with Crippen LogP contribution in [0.15, 0.2) is 28.8 Å². The van der Waals surface area contributed by atoms with Crippen molar-refractivity contribution in [3.8, 4) is 11.5 Å². The van der Waals surface area contributed by atoms with Gasteiger partial charge < -0.3 is 15.0 Å². The Morgan fingerprint density at radius 3 is 3.06 bits per heavy atom. The normalized spacial score (nSPS) is 19.6. The average molecular weight is 231 g/mol. The second-order valence-electron chi connectivity index (χ2n) is 4.08. The van der Waals surface area contributed by atoms with Gasteiger partial charge in [0.1, 0.15) is 6.10 Å². The molecule has 5 nitrogen and oxygen atoms in total. The molecule has 1 aromatic carbocycles. The first-order chi connectivity index (χ1) is 8.33.